The molecular formula is C20H20N4O2S. The highest BCUT2D eigenvalue weighted by atomic mass is 32.1. The second-order valence-electron chi connectivity index (χ2n) is 6.46. The molecule has 138 valence electrons. The third-order valence-electron chi connectivity index (χ3n) is 4.36. The van der Waals surface area contributed by atoms with Crippen molar-refractivity contribution in [2.75, 3.05) is 18.4 Å². The molecule has 0 saturated carbocycles. The average molecular weight is 380 g/mol. The number of carbonyl (C=O) groups excluding carboxylic acids is 1. The molecule has 0 fully saturated rings. The summed E-state index contributed by atoms with van der Waals surface area (Å²) in [5, 5.41) is 7.18. The maximum absolute atomic E-state index is 12.2. The number of amides is 1. The molecule has 1 aromatic carbocycles. The van der Waals surface area contributed by atoms with Crippen LogP contribution in [0, 0.1) is 6.92 Å². The number of nitrogens with one attached hydrogen (secondary N) is 1. The first-order valence-corrected chi connectivity index (χ1v) is 9.66. The van der Waals surface area contributed by atoms with Crippen molar-refractivity contribution in [2.24, 2.45) is 0 Å². The first kappa shape index (κ1) is 17.6. The summed E-state index contributed by atoms with van der Waals surface area (Å²) >= 11 is 1.53. The van der Waals surface area contributed by atoms with E-state index in [0.717, 1.165) is 31.7 Å². The summed E-state index contributed by atoms with van der Waals surface area (Å²) in [7, 11) is 0. The molecule has 7 heteroatoms. The quantitative estimate of drug-likeness (QED) is 0.730. The van der Waals surface area contributed by atoms with Crippen molar-refractivity contribution >= 4 is 28.5 Å². The van der Waals surface area contributed by atoms with Crippen molar-refractivity contribution < 1.29 is 9.32 Å². The molecule has 4 rings (SSSR count). The Hall–Kier alpha value is -2.77. The van der Waals surface area contributed by atoms with E-state index in [1.807, 2.05) is 18.2 Å². The van der Waals surface area contributed by atoms with E-state index >= 15 is 0 Å². The highest BCUT2D eigenvalue weighted by Crippen LogP contribution is 2.28. The number of thiazole rings is 1. The van der Waals surface area contributed by atoms with Crippen molar-refractivity contribution in [3.8, 4) is 0 Å². The number of aromatic nitrogens is 2. The molecule has 27 heavy (non-hydrogen) atoms. The minimum Gasteiger partial charge on any atom is -0.361 e. The van der Waals surface area contributed by atoms with Gasteiger partial charge in [-0.3, -0.25) is 15.0 Å². The van der Waals surface area contributed by atoms with E-state index in [0.29, 0.717) is 10.9 Å². The van der Waals surface area contributed by atoms with Crippen LogP contribution in [0.5, 0.6) is 0 Å². The molecule has 1 aliphatic rings. The summed E-state index contributed by atoms with van der Waals surface area (Å²) in [5.41, 5.74) is 2.56. The Morgan fingerprint density at radius 2 is 2.22 bits per heavy atom. The third kappa shape index (κ3) is 4.32. The van der Waals surface area contributed by atoms with Gasteiger partial charge >= 0.3 is 0 Å². The van der Waals surface area contributed by atoms with Crippen LogP contribution in [-0.4, -0.2) is 34.0 Å². The monoisotopic (exact) mass is 380 g/mol. The second-order valence-corrected chi connectivity index (χ2v) is 7.55. The number of hydrogen-bond acceptors (Lipinski definition) is 6. The fourth-order valence-electron chi connectivity index (χ4n) is 2.99. The number of fused-ring (bicyclic) bond motifs is 1. The van der Waals surface area contributed by atoms with E-state index in [4.69, 9.17) is 4.52 Å². The molecule has 3 heterocycles. The molecule has 3 aromatic rings. The van der Waals surface area contributed by atoms with Crippen LogP contribution < -0.4 is 5.32 Å². The smallest absolute Gasteiger partial charge is 0.279 e. The predicted octanol–water partition coefficient (Wildman–Crippen LogP) is 3.76. The van der Waals surface area contributed by atoms with Crippen LogP contribution in [0.2, 0.25) is 0 Å². The fourth-order valence-corrected chi connectivity index (χ4v) is 4.04. The molecule has 0 aliphatic carbocycles. The number of benzene rings is 1. The highest BCUT2D eigenvalue weighted by molar-refractivity contribution is 7.15. The summed E-state index contributed by atoms with van der Waals surface area (Å²) in [5.74, 6) is 0.318. The minimum absolute atomic E-state index is 0.272. The van der Waals surface area contributed by atoms with E-state index in [-0.39, 0.29) is 11.6 Å². The van der Waals surface area contributed by atoms with Gasteiger partial charge in [0.25, 0.3) is 5.91 Å². The average Bonchev–Trinajstić information content (AvgIpc) is 3.28. The van der Waals surface area contributed by atoms with Gasteiger partial charge in [0.15, 0.2) is 10.8 Å². The van der Waals surface area contributed by atoms with E-state index < -0.39 is 0 Å². The van der Waals surface area contributed by atoms with Crippen molar-refractivity contribution in [3.63, 3.8) is 0 Å². The summed E-state index contributed by atoms with van der Waals surface area (Å²) in [6.07, 6.45) is 5.23. The van der Waals surface area contributed by atoms with Gasteiger partial charge in [-0.15, -0.1) is 11.3 Å². The van der Waals surface area contributed by atoms with Crippen LogP contribution in [0.1, 0.15) is 32.4 Å². The van der Waals surface area contributed by atoms with Gasteiger partial charge in [0.2, 0.25) is 0 Å². The van der Waals surface area contributed by atoms with Crippen molar-refractivity contribution in [2.45, 2.75) is 19.9 Å². The first-order chi connectivity index (χ1) is 13.2. The van der Waals surface area contributed by atoms with Crippen LogP contribution >= 0.6 is 11.3 Å². The van der Waals surface area contributed by atoms with Crippen LogP contribution in [0.3, 0.4) is 0 Å². The van der Waals surface area contributed by atoms with Crippen molar-refractivity contribution in [1.82, 2.24) is 15.0 Å². The molecule has 0 spiro atoms. The molecule has 0 atom stereocenters. The van der Waals surface area contributed by atoms with Crippen LogP contribution in [0.25, 0.3) is 6.08 Å². The topological polar surface area (TPSA) is 71.3 Å². The molecule has 1 amide bonds. The Morgan fingerprint density at radius 1 is 1.37 bits per heavy atom. The zero-order valence-electron chi connectivity index (χ0n) is 15.0. The summed E-state index contributed by atoms with van der Waals surface area (Å²) in [4.78, 5) is 20.4. The third-order valence-corrected chi connectivity index (χ3v) is 5.36. The Kier molecular flexibility index (Phi) is 5.13. The van der Waals surface area contributed by atoms with Crippen molar-refractivity contribution in [3.05, 3.63) is 70.1 Å². The van der Waals surface area contributed by atoms with Gasteiger partial charge in [-0.05, 0) is 12.5 Å². The van der Waals surface area contributed by atoms with Gasteiger partial charge in [-0.25, -0.2) is 4.98 Å². The maximum atomic E-state index is 12.2. The second kappa shape index (κ2) is 7.85. The number of anilines is 1. The van der Waals surface area contributed by atoms with E-state index in [1.54, 1.807) is 13.0 Å². The van der Waals surface area contributed by atoms with Gasteiger partial charge in [-0.1, -0.05) is 47.6 Å². The Balaban J connectivity index is 1.36. The number of aryl methyl sites for hydroxylation is 1. The number of rotatable bonds is 5. The van der Waals surface area contributed by atoms with E-state index in [1.165, 1.54) is 21.8 Å². The summed E-state index contributed by atoms with van der Waals surface area (Å²) < 4.78 is 4.95. The van der Waals surface area contributed by atoms with E-state index in [2.05, 4.69) is 44.6 Å². The molecule has 0 unspecified atom stereocenters. The van der Waals surface area contributed by atoms with Gasteiger partial charge in [0.1, 0.15) is 5.76 Å². The molecule has 2 aromatic heterocycles. The molecule has 1 N–H and O–H groups in total. The lowest BCUT2D eigenvalue weighted by molar-refractivity contribution is 0.101. The lowest BCUT2D eigenvalue weighted by Crippen LogP contribution is -2.29. The van der Waals surface area contributed by atoms with E-state index in [9.17, 15) is 4.79 Å². The largest absolute Gasteiger partial charge is 0.361 e. The molecule has 0 saturated heterocycles. The van der Waals surface area contributed by atoms with Gasteiger partial charge in [0, 0.05) is 37.0 Å². The molecule has 1 aliphatic heterocycles. The zero-order valence-corrected chi connectivity index (χ0v) is 15.8. The Bertz CT molecular complexity index is 962. The SMILES string of the molecule is Cc1cc(C(=O)Nc2nc3c(s2)CN(C/C=C/c2ccccc2)CC3)no1. The van der Waals surface area contributed by atoms with Crippen LogP contribution in [-0.2, 0) is 13.0 Å². The minimum atomic E-state index is -0.291. The normalized spacial score (nSPS) is 14.4. The first-order valence-electron chi connectivity index (χ1n) is 8.84. The molecule has 0 bridgehead atoms. The van der Waals surface area contributed by atoms with Crippen LogP contribution in [0.4, 0.5) is 5.13 Å². The van der Waals surface area contributed by atoms with Gasteiger partial charge < -0.3 is 4.52 Å². The van der Waals surface area contributed by atoms with Gasteiger partial charge in [-0.2, -0.15) is 0 Å². The predicted molar refractivity (Wildman–Crippen MR) is 106 cm³/mol. The standard InChI is InChI=1S/C20H20N4O2S/c1-14-12-17(23-26-14)19(25)22-20-21-16-9-11-24(13-18(16)27-20)10-5-8-15-6-3-2-4-7-15/h2-8,12H,9-11,13H2,1H3,(H,21,22,25)/b8-5+. The number of nitrogens with zero attached hydrogens (tertiary/aromatic N) is 3. The number of carbonyl (C=O) groups is 1. The fraction of sp³-hybridized carbons (Fsp3) is 0.250. The lowest BCUT2D eigenvalue weighted by atomic mass is 10.1. The Morgan fingerprint density at radius 3 is 3.00 bits per heavy atom. The summed E-state index contributed by atoms with van der Waals surface area (Å²) in [6, 6.07) is 11.9. The molecular weight excluding hydrogens is 360 g/mol. The molecule has 0 radical (unpaired) electrons. The molecule has 6 nitrogen and oxygen atoms in total. The van der Waals surface area contributed by atoms with Gasteiger partial charge in [0.05, 0.1) is 5.69 Å². The highest BCUT2D eigenvalue weighted by Gasteiger charge is 2.21. The zero-order chi connectivity index (χ0) is 18.6. The van der Waals surface area contributed by atoms with Crippen molar-refractivity contribution in [1.29, 1.82) is 0 Å². The lowest BCUT2D eigenvalue weighted by Gasteiger charge is -2.24. The summed E-state index contributed by atoms with van der Waals surface area (Å²) in [6.45, 7) is 4.47. The maximum Gasteiger partial charge on any atom is 0.279 e. The number of hydrogen-bond donors (Lipinski definition) is 1. The van der Waals surface area contributed by atoms with Crippen LogP contribution in [0.15, 0.2) is 47.0 Å². The Labute approximate surface area is 161 Å².